The summed E-state index contributed by atoms with van der Waals surface area (Å²) in [5, 5.41) is 0. The van der Waals surface area contributed by atoms with Gasteiger partial charge in [-0.3, -0.25) is 0 Å². The van der Waals surface area contributed by atoms with E-state index in [4.69, 9.17) is 4.74 Å². The summed E-state index contributed by atoms with van der Waals surface area (Å²) in [5.74, 6) is -0.458. The molecule has 0 radical (unpaired) electrons. The molecule has 0 spiro atoms. The molecule has 22 heavy (non-hydrogen) atoms. The fourth-order valence-corrected chi connectivity index (χ4v) is 2.30. The number of ether oxygens (including phenoxy) is 1. The third-order valence-corrected chi connectivity index (χ3v) is 3.34. The number of nitrogens with zero attached hydrogens (tertiary/aromatic N) is 4. The van der Waals surface area contributed by atoms with Crippen LogP contribution in [0.15, 0.2) is 61.2 Å². The third kappa shape index (κ3) is 2.20. The topological polar surface area (TPSA) is 60.9 Å². The molecule has 0 atom stereocenters. The van der Waals surface area contributed by atoms with Crippen LogP contribution >= 0.6 is 0 Å². The number of esters is 1. The van der Waals surface area contributed by atoms with E-state index >= 15 is 0 Å². The Labute approximate surface area is 125 Å². The maximum Gasteiger partial charge on any atom is 0.358 e. The Bertz CT molecular complexity index is 904. The highest BCUT2D eigenvalue weighted by Gasteiger charge is 2.13. The Morgan fingerprint density at radius 2 is 1.64 bits per heavy atom. The van der Waals surface area contributed by atoms with Gasteiger partial charge in [-0.15, -0.1) is 0 Å². The number of aromatic nitrogens is 4. The van der Waals surface area contributed by atoms with E-state index in [9.17, 15) is 4.79 Å². The van der Waals surface area contributed by atoms with E-state index in [0.717, 1.165) is 5.65 Å². The number of carbonyl (C=O) groups excluding carboxylic acids is 1. The maximum absolute atomic E-state index is 12.1. The standard InChI is InChI=1S/C16H12N4O2/c21-16(13-10-20-8-4-2-6-15(20)18-13)22-11-12-9-19-7-3-1-5-14(19)17-12/h1-10H,11H2. The van der Waals surface area contributed by atoms with Gasteiger partial charge in [-0.1, -0.05) is 12.1 Å². The highest BCUT2D eigenvalue weighted by atomic mass is 16.5. The van der Waals surface area contributed by atoms with Gasteiger partial charge in [0.15, 0.2) is 5.69 Å². The molecule has 0 aromatic carbocycles. The van der Waals surface area contributed by atoms with E-state index in [0.29, 0.717) is 11.3 Å². The number of imidazole rings is 2. The van der Waals surface area contributed by atoms with E-state index in [1.54, 1.807) is 10.6 Å². The first-order valence-electron chi connectivity index (χ1n) is 6.83. The Kier molecular flexibility index (Phi) is 2.86. The van der Waals surface area contributed by atoms with Crippen LogP contribution in [0.2, 0.25) is 0 Å². The fraction of sp³-hybridized carbons (Fsp3) is 0.0625. The molecule has 0 amide bonds. The van der Waals surface area contributed by atoms with Crippen molar-refractivity contribution in [3.63, 3.8) is 0 Å². The molecule has 0 unspecified atom stereocenters. The Morgan fingerprint density at radius 1 is 0.955 bits per heavy atom. The molecule has 6 nitrogen and oxygen atoms in total. The van der Waals surface area contributed by atoms with Crippen LogP contribution in [0.4, 0.5) is 0 Å². The van der Waals surface area contributed by atoms with Gasteiger partial charge in [-0.25, -0.2) is 14.8 Å². The van der Waals surface area contributed by atoms with Crippen molar-refractivity contribution in [2.24, 2.45) is 0 Å². The lowest BCUT2D eigenvalue weighted by molar-refractivity contribution is 0.0462. The lowest BCUT2D eigenvalue weighted by Gasteiger charge is -1.98. The molecule has 6 heteroatoms. The van der Waals surface area contributed by atoms with Gasteiger partial charge in [0, 0.05) is 24.8 Å². The average molecular weight is 292 g/mol. The summed E-state index contributed by atoms with van der Waals surface area (Å²) in [6, 6.07) is 11.3. The highest BCUT2D eigenvalue weighted by molar-refractivity contribution is 5.87. The second-order valence-corrected chi connectivity index (χ2v) is 4.87. The van der Waals surface area contributed by atoms with Crippen molar-refractivity contribution in [3.8, 4) is 0 Å². The maximum atomic E-state index is 12.1. The Hall–Kier alpha value is -3.15. The second kappa shape index (κ2) is 5.00. The van der Waals surface area contributed by atoms with Crippen LogP contribution in [-0.4, -0.2) is 24.7 Å². The lowest BCUT2D eigenvalue weighted by Crippen LogP contribution is -2.05. The first kappa shape index (κ1) is 12.6. The van der Waals surface area contributed by atoms with Crippen LogP contribution in [0, 0.1) is 0 Å². The van der Waals surface area contributed by atoms with Gasteiger partial charge < -0.3 is 13.5 Å². The molecule has 108 valence electrons. The van der Waals surface area contributed by atoms with Crippen LogP contribution < -0.4 is 0 Å². The van der Waals surface area contributed by atoms with Crippen molar-refractivity contribution in [2.45, 2.75) is 6.61 Å². The zero-order chi connectivity index (χ0) is 14.9. The first-order valence-corrected chi connectivity index (χ1v) is 6.83. The molecule has 0 aliphatic carbocycles. The van der Waals surface area contributed by atoms with Gasteiger partial charge in [0.05, 0.1) is 5.69 Å². The molecule has 0 saturated heterocycles. The summed E-state index contributed by atoms with van der Waals surface area (Å²) >= 11 is 0. The van der Waals surface area contributed by atoms with E-state index in [-0.39, 0.29) is 12.3 Å². The summed E-state index contributed by atoms with van der Waals surface area (Å²) in [5.41, 5.74) is 2.52. The molecule has 0 aliphatic rings. The van der Waals surface area contributed by atoms with Gasteiger partial charge in [0.25, 0.3) is 0 Å². The minimum atomic E-state index is -0.458. The normalized spacial score (nSPS) is 11.1. The minimum absolute atomic E-state index is 0.119. The third-order valence-electron chi connectivity index (χ3n) is 3.34. The predicted molar refractivity (Wildman–Crippen MR) is 79.5 cm³/mol. The molecule has 4 aromatic rings. The zero-order valence-electron chi connectivity index (χ0n) is 11.6. The summed E-state index contributed by atoms with van der Waals surface area (Å²) in [7, 11) is 0. The Morgan fingerprint density at radius 3 is 2.32 bits per heavy atom. The number of carbonyl (C=O) groups is 1. The molecule has 0 N–H and O–H groups in total. The van der Waals surface area contributed by atoms with Crippen LogP contribution in [0.1, 0.15) is 16.2 Å². The van der Waals surface area contributed by atoms with Gasteiger partial charge in [-0.2, -0.15) is 0 Å². The van der Waals surface area contributed by atoms with Gasteiger partial charge in [0.1, 0.15) is 17.9 Å². The van der Waals surface area contributed by atoms with E-state index in [1.165, 1.54) is 0 Å². The van der Waals surface area contributed by atoms with E-state index < -0.39 is 5.97 Å². The molecule has 4 heterocycles. The summed E-state index contributed by atoms with van der Waals surface area (Å²) in [6.07, 6.45) is 7.23. The van der Waals surface area contributed by atoms with Crippen molar-refractivity contribution in [3.05, 3.63) is 72.6 Å². The molecule has 0 bridgehead atoms. The van der Waals surface area contributed by atoms with Crippen molar-refractivity contribution < 1.29 is 9.53 Å². The predicted octanol–water partition coefficient (Wildman–Crippen LogP) is 2.34. The van der Waals surface area contributed by atoms with E-state index in [2.05, 4.69) is 9.97 Å². The summed E-state index contributed by atoms with van der Waals surface area (Å²) in [6.45, 7) is 0.119. The second-order valence-electron chi connectivity index (χ2n) is 4.87. The SMILES string of the molecule is O=C(OCc1cn2ccccc2n1)c1cn2ccccc2n1. The summed E-state index contributed by atoms with van der Waals surface area (Å²) < 4.78 is 8.94. The van der Waals surface area contributed by atoms with Crippen LogP contribution in [0.3, 0.4) is 0 Å². The molecule has 4 aromatic heterocycles. The van der Waals surface area contributed by atoms with Gasteiger partial charge in [-0.05, 0) is 24.3 Å². The smallest absolute Gasteiger partial charge is 0.358 e. The van der Waals surface area contributed by atoms with E-state index in [1.807, 2.05) is 59.4 Å². The molecule has 4 rings (SSSR count). The monoisotopic (exact) mass is 292 g/mol. The Balaban J connectivity index is 1.51. The van der Waals surface area contributed by atoms with Gasteiger partial charge in [0.2, 0.25) is 0 Å². The van der Waals surface area contributed by atoms with Gasteiger partial charge >= 0.3 is 5.97 Å². The number of rotatable bonds is 3. The average Bonchev–Trinajstić information content (AvgIpc) is 3.15. The number of hydrogen-bond donors (Lipinski definition) is 0. The largest absolute Gasteiger partial charge is 0.454 e. The van der Waals surface area contributed by atoms with Crippen molar-refractivity contribution in [1.82, 2.24) is 18.8 Å². The number of hydrogen-bond acceptors (Lipinski definition) is 4. The molecule has 0 saturated carbocycles. The number of pyridine rings is 2. The molecule has 0 fully saturated rings. The first-order chi connectivity index (χ1) is 10.8. The van der Waals surface area contributed by atoms with Crippen molar-refractivity contribution >= 4 is 17.3 Å². The van der Waals surface area contributed by atoms with Crippen LogP contribution in [0.5, 0.6) is 0 Å². The van der Waals surface area contributed by atoms with Crippen LogP contribution in [0.25, 0.3) is 11.3 Å². The zero-order valence-corrected chi connectivity index (χ0v) is 11.6. The fourth-order valence-electron chi connectivity index (χ4n) is 2.30. The molecule has 0 aliphatic heterocycles. The number of fused-ring (bicyclic) bond motifs is 2. The lowest BCUT2D eigenvalue weighted by atomic mass is 10.5. The highest BCUT2D eigenvalue weighted by Crippen LogP contribution is 2.09. The van der Waals surface area contributed by atoms with Crippen molar-refractivity contribution in [1.29, 1.82) is 0 Å². The minimum Gasteiger partial charge on any atom is -0.454 e. The molecular formula is C16H12N4O2. The summed E-state index contributed by atoms with van der Waals surface area (Å²) in [4.78, 5) is 20.7. The van der Waals surface area contributed by atoms with Crippen LogP contribution in [-0.2, 0) is 11.3 Å². The molecular weight excluding hydrogens is 280 g/mol. The van der Waals surface area contributed by atoms with Crippen molar-refractivity contribution in [2.75, 3.05) is 0 Å². The quantitative estimate of drug-likeness (QED) is 0.544.